The predicted molar refractivity (Wildman–Crippen MR) is 89.9 cm³/mol. The van der Waals surface area contributed by atoms with E-state index in [9.17, 15) is 4.79 Å². The zero-order chi connectivity index (χ0) is 16.8. The van der Waals surface area contributed by atoms with Gasteiger partial charge in [0.1, 0.15) is 0 Å². The van der Waals surface area contributed by atoms with E-state index in [0.29, 0.717) is 28.8 Å². The molecule has 7 heteroatoms. The quantitative estimate of drug-likeness (QED) is 0.923. The number of halogens is 1. The number of benzene rings is 1. The third-order valence-electron chi connectivity index (χ3n) is 4.55. The molecule has 1 amide bonds. The number of hydrogen-bond acceptors (Lipinski definition) is 4. The summed E-state index contributed by atoms with van der Waals surface area (Å²) in [5.74, 6) is 1.75. The number of fused-ring (bicyclic) bond motifs is 2. The minimum absolute atomic E-state index is 0.0534. The van der Waals surface area contributed by atoms with Crippen LogP contribution in [-0.2, 0) is 11.3 Å². The monoisotopic (exact) mass is 347 g/mol. The van der Waals surface area contributed by atoms with Crippen molar-refractivity contribution in [1.29, 1.82) is 0 Å². The van der Waals surface area contributed by atoms with Crippen LogP contribution in [0.2, 0.25) is 5.02 Å². The fourth-order valence-electron chi connectivity index (χ4n) is 3.43. The summed E-state index contributed by atoms with van der Waals surface area (Å²) in [6.07, 6.45) is 1.32. The number of carbonyl (C=O) groups excluding carboxylic acids is 1. The lowest BCUT2D eigenvalue weighted by Gasteiger charge is -2.24. The molecule has 2 aliphatic rings. The van der Waals surface area contributed by atoms with E-state index < -0.39 is 0 Å². The molecule has 0 saturated carbocycles. The number of carbonyl (C=O) groups is 1. The number of nitrogens with one attached hydrogen (secondary N) is 1. The summed E-state index contributed by atoms with van der Waals surface area (Å²) < 4.78 is 12.8. The number of hydrogen-bond donors (Lipinski definition) is 1. The van der Waals surface area contributed by atoms with E-state index in [1.807, 2.05) is 17.7 Å². The number of rotatable bonds is 3. The molecule has 0 unspecified atom stereocenters. The number of anilines is 1. The lowest BCUT2D eigenvalue weighted by molar-refractivity contribution is -0.116. The van der Waals surface area contributed by atoms with Crippen LogP contribution in [0.3, 0.4) is 0 Å². The maximum absolute atomic E-state index is 12.2. The molecule has 0 spiro atoms. The highest BCUT2D eigenvalue weighted by Crippen LogP contribution is 2.45. The van der Waals surface area contributed by atoms with Crippen LogP contribution in [0.5, 0.6) is 11.5 Å². The number of amides is 1. The first kappa shape index (κ1) is 15.3. The maximum Gasteiger partial charge on any atom is 0.231 e. The Morgan fingerprint density at radius 2 is 2.12 bits per heavy atom. The Kier molecular flexibility index (Phi) is 3.64. The molecule has 126 valence electrons. The van der Waals surface area contributed by atoms with Crippen molar-refractivity contribution in [3.05, 3.63) is 34.0 Å². The van der Waals surface area contributed by atoms with Crippen LogP contribution < -0.4 is 14.8 Å². The molecule has 24 heavy (non-hydrogen) atoms. The van der Waals surface area contributed by atoms with Gasteiger partial charge in [0, 0.05) is 41.2 Å². The van der Waals surface area contributed by atoms with Gasteiger partial charge in [0.05, 0.1) is 0 Å². The van der Waals surface area contributed by atoms with Gasteiger partial charge in [-0.3, -0.25) is 9.48 Å². The molecule has 2 aromatic rings. The van der Waals surface area contributed by atoms with Gasteiger partial charge in [-0.1, -0.05) is 18.5 Å². The molecule has 1 atom stereocenters. The molecule has 0 saturated heterocycles. The Hall–Kier alpha value is -2.21. The van der Waals surface area contributed by atoms with Crippen molar-refractivity contribution in [3.8, 4) is 11.5 Å². The van der Waals surface area contributed by atoms with E-state index in [1.54, 1.807) is 6.07 Å². The van der Waals surface area contributed by atoms with E-state index >= 15 is 0 Å². The molecule has 2 aliphatic heterocycles. The molecule has 0 aliphatic carbocycles. The van der Waals surface area contributed by atoms with Gasteiger partial charge in [0.2, 0.25) is 12.7 Å². The van der Waals surface area contributed by atoms with Crippen LogP contribution in [0.25, 0.3) is 0 Å². The molecule has 1 aromatic heterocycles. The summed E-state index contributed by atoms with van der Waals surface area (Å²) in [6.45, 7) is 5.15. The van der Waals surface area contributed by atoms with Crippen LogP contribution in [0.15, 0.2) is 12.1 Å². The molecular formula is C17H18ClN3O3. The van der Waals surface area contributed by atoms with E-state index in [-0.39, 0.29) is 18.6 Å². The van der Waals surface area contributed by atoms with Gasteiger partial charge in [-0.05, 0) is 25.0 Å². The van der Waals surface area contributed by atoms with Gasteiger partial charge in [0.15, 0.2) is 17.3 Å². The first-order valence-corrected chi connectivity index (χ1v) is 8.42. The standard InChI is InChI=1S/C17H18ClN3O3/c1-3-4-21-9(2)16-11(6-15(22)19-17(16)20-21)10-5-13-14(7-12(10)18)24-8-23-13/h5,7,11H,3-4,6,8H2,1-2H3,(H,19,20,22)/t11-/m0/s1. The smallest absolute Gasteiger partial charge is 0.231 e. The second kappa shape index (κ2) is 5.70. The highest BCUT2D eigenvalue weighted by Gasteiger charge is 2.34. The first-order valence-electron chi connectivity index (χ1n) is 8.04. The fraction of sp³-hybridized carbons (Fsp3) is 0.412. The van der Waals surface area contributed by atoms with Crippen molar-refractivity contribution in [2.75, 3.05) is 12.1 Å². The lowest BCUT2D eigenvalue weighted by Crippen LogP contribution is -2.23. The van der Waals surface area contributed by atoms with Crippen LogP contribution >= 0.6 is 11.6 Å². The zero-order valence-electron chi connectivity index (χ0n) is 13.6. The average molecular weight is 348 g/mol. The fourth-order valence-corrected chi connectivity index (χ4v) is 3.72. The van der Waals surface area contributed by atoms with Crippen LogP contribution in [-0.4, -0.2) is 22.5 Å². The average Bonchev–Trinajstić information content (AvgIpc) is 3.11. The predicted octanol–water partition coefficient (Wildman–Crippen LogP) is 3.46. The SMILES string of the molecule is CCCn1nc2c(c1C)[C@H](c1cc3c(cc1Cl)OCO3)CC(=O)N2. The van der Waals surface area contributed by atoms with Gasteiger partial charge < -0.3 is 14.8 Å². The minimum Gasteiger partial charge on any atom is -0.454 e. The van der Waals surface area contributed by atoms with E-state index in [4.69, 9.17) is 21.1 Å². The Labute approximate surface area is 144 Å². The summed E-state index contributed by atoms with van der Waals surface area (Å²) in [7, 11) is 0. The second-order valence-electron chi connectivity index (χ2n) is 6.10. The number of aryl methyl sites for hydroxylation is 1. The summed E-state index contributed by atoms with van der Waals surface area (Å²) in [5.41, 5.74) is 2.96. The van der Waals surface area contributed by atoms with Crippen molar-refractivity contribution in [1.82, 2.24) is 9.78 Å². The molecule has 4 rings (SSSR count). The zero-order valence-corrected chi connectivity index (χ0v) is 14.3. The Bertz CT molecular complexity index is 831. The van der Waals surface area contributed by atoms with Gasteiger partial charge in [0.25, 0.3) is 0 Å². The van der Waals surface area contributed by atoms with Crippen LogP contribution in [0.1, 0.15) is 42.5 Å². The van der Waals surface area contributed by atoms with E-state index in [2.05, 4.69) is 17.3 Å². The highest BCUT2D eigenvalue weighted by molar-refractivity contribution is 6.31. The Morgan fingerprint density at radius 1 is 1.38 bits per heavy atom. The number of aromatic nitrogens is 2. The third kappa shape index (κ3) is 2.33. The third-order valence-corrected chi connectivity index (χ3v) is 4.88. The largest absolute Gasteiger partial charge is 0.454 e. The van der Waals surface area contributed by atoms with Crippen LogP contribution in [0, 0.1) is 6.92 Å². The normalized spacial score (nSPS) is 18.5. The molecule has 0 bridgehead atoms. The lowest BCUT2D eigenvalue weighted by atomic mass is 9.85. The Balaban J connectivity index is 1.84. The summed E-state index contributed by atoms with van der Waals surface area (Å²) in [5, 5.41) is 8.01. The van der Waals surface area contributed by atoms with Gasteiger partial charge in [-0.15, -0.1) is 0 Å². The van der Waals surface area contributed by atoms with Crippen molar-refractivity contribution < 1.29 is 14.3 Å². The van der Waals surface area contributed by atoms with Crippen molar-refractivity contribution >= 4 is 23.3 Å². The van der Waals surface area contributed by atoms with Gasteiger partial charge in [-0.2, -0.15) is 5.10 Å². The van der Waals surface area contributed by atoms with Crippen molar-refractivity contribution in [2.24, 2.45) is 0 Å². The van der Waals surface area contributed by atoms with Crippen molar-refractivity contribution in [3.63, 3.8) is 0 Å². The first-order chi connectivity index (χ1) is 11.6. The topological polar surface area (TPSA) is 65.4 Å². The molecule has 6 nitrogen and oxygen atoms in total. The molecule has 0 fully saturated rings. The van der Waals surface area contributed by atoms with Crippen LogP contribution in [0.4, 0.5) is 5.82 Å². The molecule has 3 heterocycles. The summed E-state index contributed by atoms with van der Waals surface area (Å²) in [6, 6.07) is 3.64. The highest BCUT2D eigenvalue weighted by atomic mass is 35.5. The molecular weight excluding hydrogens is 330 g/mol. The van der Waals surface area contributed by atoms with E-state index in [1.165, 1.54) is 0 Å². The second-order valence-corrected chi connectivity index (χ2v) is 6.51. The number of nitrogens with zero attached hydrogens (tertiary/aromatic N) is 2. The van der Waals surface area contributed by atoms with Crippen molar-refractivity contribution in [2.45, 2.75) is 39.2 Å². The summed E-state index contributed by atoms with van der Waals surface area (Å²) >= 11 is 6.48. The minimum atomic E-state index is -0.138. The maximum atomic E-state index is 12.2. The van der Waals surface area contributed by atoms with Gasteiger partial charge in [-0.25, -0.2) is 0 Å². The molecule has 1 aromatic carbocycles. The summed E-state index contributed by atoms with van der Waals surface area (Å²) in [4.78, 5) is 12.2. The number of ether oxygens (including phenoxy) is 2. The van der Waals surface area contributed by atoms with Gasteiger partial charge >= 0.3 is 0 Å². The molecule has 0 radical (unpaired) electrons. The van der Waals surface area contributed by atoms with E-state index in [0.717, 1.165) is 29.8 Å². The molecule has 1 N–H and O–H groups in total. The Morgan fingerprint density at radius 3 is 2.88 bits per heavy atom.